The SMILES string of the molecule is CCOCCN(C(=O)c1ccc(SC)cc1)C(C)C(=O)O. The van der Waals surface area contributed by atoms with Crippen LogP contribution in [0.25, 0.3) is 0 Å². The van der Waals surface area contributed by atoms with Crippen LogP contribution in [0.5, 0.6) is 0 Å². The highest BCUT2D eigenvalue weighted by atomic mass is 32.2. The van der Waals surface area contributed by atoms with Gasteiger partial charge in [0.2, 0.25) is 0 Å². The van der Waals surface area contributed by atoms with E-state index in [4.69, 9.17) is 9.84 Å². The lowest BCUT2D eigenvalue weighted by Gasteiger charge is -2.26. The number of rotatable bonds is 8. The van der Waals surface area contributed by atoms with Crippen molar-refractivity contribution in [1.82, 2.24) is 4.90 Å². The Labute approximate surface area is 129 Å². The van der Waals surface area contributed by atoms with Gasteiger partial charge in [0.05, 0.1) is 6.61 Å². The van der Waals surface area contributed by atoms with Gasteiger partial charge in [0.25, 0.3) is 5.91 Å². The van der Waals surface area contributed by atoms with Gasteiger partial charge in [-0.25, -0.2) is 4.79 Å². The molecule has 1 rings (SSSR count). The predicted molar refractivity (Wildman–Crippen MR) is 82.9 cm³/mol. The fourth-order valence-corrected chi connectivity index (χ4v) is 2.22. The number of carbonyl (C=O) groups excluding carboxylic acids is 1. The molecule has 0 aliphatic rings. The van der Waals surface area contributed by atoms with Crippen molar-refractivity contribution < 1.29 is 19.4 Å². The average Bonchev–Trinajstić information content (AvgIpc) is 2.50. The van der Waals surface area contributed by atoms with E-state index in [2.05, 4.69) is 0 Å². The number of thioether (sulfide) groups is 1. The number of benzene rings is 1. The third kappa shape index (κ3) is 5.06. The number of carboxylic acids is 1. The Bertz CT molecular complexity index is 475. The molecular weight excluding hydrogens is 290 g/mol. The van der Waals surface area contributed by atoms with Gasteiger partial charge in [-0.2, -0.15) is 0 Å². The van der Waals surface area contributed by atoms with Gasteiger partial charge in [0.15, 0.2) is 0 Å². The highest BCUT2D eigenvalue weighted by Crippen LogP contribution is 2.16. The van der Waals surface area contributed by atoms with E-state index >= 15 is 0 Å². The van der Waals surface area contributed by atoms with Crippen LogP contribution in [-0.4, -0.2) is 53.9 Å². The number of amides is 1. The van der Waals surface area contributed by atoms with E-state index < -0.39 is 12.0 Å². The van der Waals surface area contributed by atoms with Crippen molar-refractivity contribution in [3.63, 3.8) is 0 Å². The van der Waals surface area contributed by atoms with Gasteiger partial charge in [0, 0.05) is 23.6 Å². The smallest absolute Gasteiger partial charge is 0.326 e. The molecule has 0 saturated heterocycles. The number of hydrogen-bond donors (Lipinski definition) is 1. The van der Waals surface area contributed by atoms with Gasteiger partial charge >= 0.3 is 5.97 Å². The second kappa shape index (κ2) is 8.69. The Morgan fingerprint density at radius 1 is 1.33 bits per heavy atom. The molecule has 1 N–H and O–H groups in total. The minimum atomic E-state index is -1.03. The maximum absolute atomic E-state index is 12.5. The number of aliphatic carboxylic acids is 1. The van der Waals surface area contributed by atoms with Crippen molar-refractivity contribution >= 4 is 23.6 Å². The molecule has 0 aliphatic carbocycles. The summed E-state index contributed by atoms with van der Waals surface area (Å²) < 4.78 is 5.23. The molecule has 21 heavy (non-hydrogen) atoms. The summed E-state index contributed by atoms with van der Waals surface area (Å²) in [6.45, 7) is 4.47. The van der Waals surface area contributed by atoms with Crippen LogP contribution in [0.15, 0.2) is 29.2 Å². The third-order valence-corrected chi connectivity index (χ3v) is 3.85. The zero-order valence-electron chi connectivity index (χ0n) is 12.5. The Morgan fingerprint density at radius 3 is 2.43 bits per heavy atom. The van der Waals surface area contributed by atoms with Crippen LogP contribution < -0.4 is 0 Å². The fourth-order valence-electron chi connectivity index (χ4n) is 1.81. The average molecular weight is 311 g/mol. The molecule has 1 amide bonds. The van der Waals surface area contributed by atoms with Crippen LogP contribution in [0.4, 0.5) is 0 Å². The summed E-state index contributed by atoms with van der Waals surface area (Å²) in [6, 6.07) is 6.25. The van der Waals surface area contributed by atoms with Crippen molar-refractivity contribution in [2.24, 2.45) is 0 Å². The van der Waals surface area contributed by atoms with Crippen molar-refractivity contribution in [3.05, 3.63) is 29.8 Å². The first-order chi connectivity index (χ1) is 10.0. The highest BCUT2D eigenvalue weighted by Gasteiger charge is 2.26. The summed E-state index contributed by atoms with van der Waals surface area (Å²) >= 11 is 1.59. The summed E-state index contributed by atoms with van der Waals surface area (Å²) in [6.07, 6.45) is 1.96. The topological polar surface area (TPSA) is 66.8 Å². The van der Waals surface area contributed by atoms with E-state index in [9.17, 15) is 9.59 Å². The summed E-state index contributed by atoms with van der Waals surface area (Å²) in [5.41, 5.74) is 0.484. The van der Waals surface area contributed by atoms with E-state index in [1.807, 2.05) is 25.3 Å². The van der Waals surface area contributed by atoms with Crippen LogP contribution in [-0.2, 0) is 9.53 Å². The van der Waals surface area contributed by atoms with E-state index in [0.29, 0.717) is 18.8 Å². The molecule has 0 bridgehead atoms. The molecule has 0 aliphatic heterocycles. The molecule has 116 valence electrons. The zero-order valence-corrected chi connectivity index (χ0v) is 13.4. The minimum absolute atomic E-state index is 0.254. The van der Waals surface area contributed by atoms with Gasteiger partial charge in [-0.15, -0.1) is 11.8 Å². The van der Waals surface area contributed by atoms with Crippen LogP contribution in [0.3, 0.4) is 0 Å². The molecule has 0 aromatic heterocycles. The van der Waals surface area contributed by atoms with Gasteiger partial charge in [0.1, 0.15) is 6.04 Å². The lowest BCUT2D eigenvalue weighted by Crippen LogP contribution is -2.45. The normalized spacial score (nSPS) is 12.0. The molecule has 5 nitrogen and oxygen atoms in total. The van der Waals surface area contributed by atoms with Crippen LogP contribution >= 0.6 is 11.8 Å². The lowest BCUT2D eigenvalue weighted by atomic mass is 10.1. The third-order valence-electron chi connectivity index (χ3n) is 3.10. The molecule has 1 atom stereocenters. The van der Waals surface area contributed by atoms with Crippen molar-refractivity contribution in [2.45, 2.75) is 24.8 Å². The molecule has 0 heterocycles. The summed E-state index contributed by atoms with van der Waals surface area (Å²) in [7, 11) is 0. The number of ether oxygens (including phenoxy) is 1. The monoisotopic (exact) mass is 311 g/mol. The molecule has 0 saturated carbocycles. The van der Waals surface area contributed by atoms with Gasteiger partial charge in [-0.1, -0.05) is 0 Å². The highest BCUT2D eigenvalue weighted by molar-refractivity contribution is 7.98. The standard InChI is InChI=1S/C15H21NO4S/c1-4-20-10-9-16(11(2)15(18)19)14(17)12-5-7-13(21-3)8-6-12/h5-8,11H,4,9-10H2,1-3H3,(H,18,19). The second-order valence-electron chi connectivity index (χ2n) is 4.44. The molecule has 1 unspecified atom stereocenters. The van der Waals surface area contributed by atoms with Crippen molar-refractivity contribution in [3.8, 4) is 0 Å². The van der Waals surface area contributed by atoms with Crippen LogP contribution in [0.2, 0.25) is 0 Å². The van der Waals surface area contributed by atoms with Gasteiger partial charge in [-0.3, -0.25) is 4.79 Å². The minimum Gasteiger partial charge on any atom is -0.480 e. The van der Waals surface area contributed by atoms with Crippen molar-refractivity contribution in [1.29, 1.82) is 0 Å². The Morgan fingerprint density at radius 2 is 1.95 bits per heavy atom. The molecule has 6 heteroatoms. The molecular formula is C15H21NO4S. The summed E-state index contributed by atoms with van der Waals surface area (Å²) in [4.78, 5) is 26.0. The summed E-state index contributed by atoms with van der Waals surface area (Å²) in [5.74, 6) is -1.32. The molecule has 0 radical (unpaired) electrons. The van der Waals surface area contributed by atoms with E-state index in [1.165, 1.54) is 11.8 Å². The number of carboxylic acid groups (broad SMARTS) is 1. The Balaban J connectivity index is 2.88. The molecule has 0 spiro atoms. The van der Waals surface area contributed by atoms with Crippen LogP contribution in [0.1, 0.15) is 24.2 Å². The Hall–Kier alpha value is -1.53. The molecule has 1 aromatic carbocycles. The predicted octanol–water partition coefficient (Wildman–Crippen LogP) is 2.36. The van der Waals surface area contributed by atoms with Crippen LogP contribution in [0, 0.1) is 0 Å². The van der Waals surface area contributed by atoms with E-state index in [0.717, 1.165) is 4.90 Å². The first kappa shape index (κ1) is 17.5. The molecule has 0 fully saturated rings. The second-order valence-corrected chi connectivity index (χ2v) is 5.32. The molecule has 1 aromatic rings. The largest absolute Gasteiger partial charge is 0.480 e. The lowest BCUT2D eigenvalue weighted by molar-refractivity contribution is -0.141. The van der Waals surface area contributed by atoms with E-state index in [1.54, 1.807) is 23.9 Å². The number of carbonyl (C=O) groups is 2. The number of nitrogens with zero attached hydrogens (tertiary/aromatic N) is 1. The van der Waals surface area contributed by atoms with Gasteiger partial charge in [-0.05, 0) is 44.4 Å². The first-order valence-electron chi connectivity index (χ1n) is 6.76. The quantitative estimate of drug-likeness (QED) is 0.590. The van der Waals surface area contributed by atoms with E-state index in [-0.39, 0.29) is 12.5 Å². The maximum atomic E-state index is 12.5. The summed E-state index contributed by atoms with van der Waals surface area (Å²) in [5, 5.41) is 9.15. The maximum Gasteiger partial charge on any atom is 0.326 e. The first-order valence-corrected chi connectivity index (χ1v) is 7.99. The van der Waals surface area contributed by atoms with Gasteiger partial charge < -0.3 is 14.7 Å². The number of hydrogen-bond acceptors (Lipinski definition) is 4. The van der Waals surface area contributed by atoms with Crippen molar-refractivity contribution in [2.75, 3.05) is 26.0 Å². The Kier molecular flexibility index (Phi) is 7.25. The fraction of sp³-hybridized carbons (Fsp3) is 0.467. The zero-order chi connectivity index (χ0) is 15.8.